The molecule has 0 aliphatic heterocycles. The van der Waals surface area contributed by atoms with Gasteiger partial charge in [-0.15, -0.1) is 6.58 Å². The van der Waals surface area contributed by atoms with Gasteiger partial charge in [0.05, 0.1) is 6.61 Å². The monoisotopic (exact) mass is 206 g/mol. The molecule has 0 heterocycles. The second-order valence-electron chi connectivity index (χ2n) is 3.19. The minimum absolute atomic E-state index is 0.399. The molecule has 80 valence electrons. The van der Waals surface area contributed by atoms with Crippen LogP contribution in [0.15, 0.2) is 36.9 Å². The Morgan fingerprint density at radius 2 is 2.07 bits per heavy atom. The van der Waals surface area contributed by atoms with Crippen LogP contribution < -0.4 is 10.2 Å². The molecule has 3 nitrogen and oxygen atoms in total. The fourth-order valence-corrected chi connectivity index (χ4v) is 1.24. The van der Waals surface area contributed by atoms with Gasteiger partial charge in [0, 0.05) is 5.46 Å². The highest BCUT2D eigenvalue weighted by Crippen LogP contribution is 2.07. The second-order valence-corrected chi connectivity index (χ2v) is 3.19. The average molecular weight is 206 g/mol. The van der Waals surface area contributed by atoms with Crippen molar-refractivity contribution in [3.05, 3.63) is 36.9 Å². The minimum atomic E-state index is -1.49. The second kappa shape index (κ2) is 6.27. The molecular formula is C11H15BO3. The van der Waals surface area contributed by atoms with E-state index in [1.807, 2.05) is 6.08 Å². The number of unbranched alkanes of at least 4 members (excludes halogenated alkanes) is 1. The number of hydrogen-bond donors (Lipinski definition) is 2. The number of ether oxygens (including phenoxy) is 1. The first-order chi connectivity index (χ1) is 7.25. The van der Waals surface area contributed by atoms with Crippen LogP contribution in [0, 0.1) is 0 Å². The maximum absolute atomic E-state index is 9.07. The van der Waals surface area contributed by atoms with Gasteiger partial charge < -0.3 is 14.8 Å². The van der Waals surface area contributed by atoms with E-state index in [1.165, 1.54) is 0 Å². The molecule has 0 amide bonds. The van der Waals surface area contributed by atoms with E-state index in [1.54, 1.807) is 24.3 Å². The van der Waals surface area contributed by atoms with Gasteiger partial charge >= 0.3 is 7.12 Å². The van der Waals surface area contributed by atoms with E-state index in [0.29, 0.717) is 17.8 Å². The fourth-order valence-electron chi connectivity index (χ4n) is 1.24. The van der Waals surface area contributed by atoms with Crippen LogP contribution in [-0.4, -0.2) is 23.8 Å². The van der Waals surface area contributed by atoms with E-state index in [2.05, 4.69) is 6.58 Å². The van der Waals surface area contributed by atoms with Crippen molar-refractivity contribution >= 4 is 12.6 Å². The van der Waals surface area contributed by atoms with Crippen LogP contribution in [0.2, 0.25) is 0 Å². The zero-order valence-electron chi connectivity index (χ0n) is 8.60. The molecule has 0 bridgehead atoms. The third kappa shape index (κ3) is 3.77. The lowest BCUT2D eigenvalue weighted by Crippen LogP contribution is -2.31. The van der Waals surface area contributed by atoms with Gasteiger partial charge in [0.25, 0.3) is 0 Å². The molecule has 0 spiro atoms. The first-order valence-corrected chi connectivity index (χ1v) is 4.94. The molecule has 0 unspecified atom stereocenters. The average Bonchev–Trinajstić information content (AvgIpc) is 2.25. The zero-order chi connectivity index (χ0) is 11.1. The Balaban J connectivity index is 2.55. The molecule has 1 rings (SSSR count). The standard InChI is InChI=1S/C11H15BO3/c1-2-3-6-9-15-11-8-5-4-7-10(11)12(13)14/h2,4-5,7-8,13-14H,1,3,6,9H2. The van der Waals surface area contributed by atoms with Crippen molar-refractivity contribution in [1.29, 1.82) is 0 Å². The number of allylic oxidation sites excluding steroid dienone is 1. The molecule has 2 N–H and O–H groups in total. The molecule has 0 aliphatic rings. The van der Waals surface area contributed by atoms with Crippen LogP contribution in [0.3, 0.4) is 0 Å². The molecule has 0 saturated heterocycles. The Morgan fingerprint density at radius 3 is 2.73 bits per heavy atom. The summed E-state index contributed by atoms with van der Waals surface area (Å²) in [5, 5.41) is 18.1. The van der Waals surface area contributed by atoms with Crippen molar-refractivity contribution in [2.45, 2.75) is 12.8 Å². The Labute approximate surface area is 90.2 Å². The Morgan fingerprint density at radius 1 is 1.33 bits per heavy atom. The summed E-state index contributed by atoms with van der Waals surface area (Å²) in [6.07, 6.45) is 3.60. The molecule has 1 aromatic carbocycles. The molecule has 4 heteroatoms. The lowest BCUT2D eigenvalue weighted by atomic mass is 9.79. The van der Waals surface area contributed by atoms with Gasteiger partial charge in [-0.05, 0) is 18.9 Å². The summed E-state index contributed by atoms with van der Waals surface area (Å²) >= 11 is 0. The topological polar surface area (TPSA) is 49.7 Å². The van der Waals surface area contributed by atoms with Gasteiger partial charge in [0.2, 0.25) is 0 Å². The summed E-state index contributed by atoms with van der Waals surface area (Å²) in [4.78, 5) is 0. The molecule has 0 radical (unpaired) electrons. The van der Waals surface area contributed by atoms with Gasteiger partial charge in [0.15, 0.2) is 0 Å². The number of hydrogen-bond acceptors (Lipinski definition) is 3. The Bertz CT molecular complexity index is 312. The van der Waals surface area contributed by atoms with E-state index in [-0.39, 0.29) is 0 Å². The molecule has 0 saturated carbocycles. The summed E-state index contributed by atoms with van der Waals surface area (Å²) in [5.41, 5.74) is 0.399. The number of para-hydroxylation sites is 1. The normalized spacial score (nSPS) is 9.73. The van der Waals surface area contributed by atoms with Crippen molar-refractivity contribution in [2.75, 3.05) is 6.61 Å². The van der Waals surface area contributed by atoms with Gasteiger partial charge in [-0.25, -0.2) is 0 Å². The van der Waals surface area contributed by atoms with Crippen molar-refractivity contribution in [3.8, 4) is 5.75 Å². The molecule has 0 aromatic heterocycles. The minimum Gasteiger partial charge on any atom is -0.494 e. The van der Waals surface area contributed by atoms with E-state index in [4.69, 9.17) is 14.8 Å². The quantitative estimate of drug-likeness (QED) is 0.409. The SMILES string of the molecule is C=CCCCOc1ccccc1B(O)O. The molecule has 0 atom stereocenters. The lowest BCUT2D eigenvalue weighted by molar-refractivity contribution is 0.312. The summed E-state index contributed by atoms with van der Waals surface area (Å²) in [6, 6.07) is 6.90. The van der Waals surface area contributed by atoms with Gasteiger partial charge in [0.1, 0.15) is 5.75 Å². The maximum Gasteiger partial charge on any atom is 0.492 e. The summed E-state index contributed by atoms with van der Waals surface area (Å²) in [6.45, 7) is 4.17. The van der Waals surface area contributed by atoms with Crippen molar-refractivity contribution in [3.63, 3.8) is 0 Å². The highest BCUT2D eigenvalue weighted by Gasteiger charge is 2.15. The van der Waals surface area contributed by atoms with Crippen LogP contribution in [0.4, 0.5) is 0 Å². The summed E-state index contributed by atoms with van der Waals surface area (Å²) in [7, 11) is -1.49. The predicted molar refractivity (Wildman–Crippen MR) is 61.2 cm³/mol. The van der Waals surface area contributed by atoms with Gasteiger partial charge in [-0.2, -0.15) is 0 Å². The van der Waals surface area contributed by atoms with Crippen molar-refractivity contribution < 1.29 is 14.8 Å². The summed E-state index contributed by atoms with van der Waals surface area (Å²) in [5.74, 6) is 0.525. The van der Waals surface area contributed by atoms with Gasteiger partial charge in [-0.1, -0.05) is 24.3 Å². The fraction of sp³-hybridized carbons (Fsp3) is 0.273. The van der Waals surface area contributed by atoms with Crippen LogP contribution in [0.5, 0.6) is 5.75 Å². The molecule has 1 aromatic rings. The first-order valence-electron chi connectivity index (χ1n) is 4.94. The summed E-state index contributed by atoms with van der Waals surface area (Å²) < 4.78 is 5.43. The maximum atomic E-state index is 9.07. The molecule has 0 aliphatic carbocycles. The third-order valence-corrected chi connectivity index (χ3v) is 2.01. The molecule has 0 fully saturated rings. The third-order valence-electron chi connectivity index (χ3n) is 2.01. The van der Waals surface area contributed by atoms with E-state index in [9.17, 15) is 0 Å². The van der Waals surface area contributed by atoms with Gasteiger partial charge in [-0.3, -0.25) is 0 Å². The Kier molecular flexibility index (Phi) is 4.94. The van der Waals surface area contributed by atoms with Crippen molar-refractivity contribution in [2.24, 2.45) is 0 Å². The zero-order valence-corrected chi connectivity index (χ0v) is 8.60. The van der Waals surface area contributed by atoms with Crippen LogP contribution >= 0.6 is 0 Å². The lowest BCUT2D eigenvalue weighted by Gasteiger charge is -2.09. The van der Waals surface area contributed by atoms with Crippen LogP contribution in [0.25, 0.3) is 0 Å². The first kappa shape index (κ1) is 11.8. The van der Waals surface area contributed by atoms with Crippen LogP contribution in [0.1, 0.15) is 12.8 Å². The highest BCUT2D eigenvalue weighted by molar-refractivity contribution is 6.59. The number of rotatable bonds is 6. The largest absolute Gasteiger partial charge is 0.494 e. The van der Waals surface area contributed by atoms with E-state index in [0.717, 1.165) is 12.8 Å². The number of benzene rings is 1. The smallest absolute Gasteiger partial charge is 0.492 e. The molecular weight excluding hydrogens is 191 g/mol. The highest BCUT2D eigenvalue weighted by atomic mass is 16.5. The van der Waals surface area contributed by atoms with E-state index < -0.39 is 7.12 Å². The Hall–Kier alpha value is -1.26. The van der Waals surface area contributed by atoms with E-state index >= 15 is 0 Å². The molecule has 15 heavy (non-hydrogen) atoms. The van der Waals surface area contributed by atoms with Crippen molar-refractivity contribution in [1.82, 2.24) is 0 Å². The predicted octanol–water partition coefficient (Wildman–Crippen LogP) is 0.711. The van der Waals surface area contributed by atoms with Crippen LogP contribution in [-0.2, 0) is 0 Å².